The highest BCUT2D eigenvalue weighted by atomic mass is 32.2. The number of H-pyrrole nitrogens is 1. The first-order chi connectivity index (χ1) is 19.1. The summed E-state index contributed by atoms with van der Waals surface area (Å²) in [4.78, 5) is 15.9. The first-order valence-corrected chi connectivity index (χ1v) is 14.4. The highest BCUT2D eigenvalue weighted by Gasteiger charge is 2.25. The number of piperidine rings is 1. The van der Waals surface area contributed by atoms with Gasteiger partial charge in [-0.2, -0.15) is 5.10 Å². The number of hydrogen-bond acceptors (Lipinski definition) is 7. The molecule has 5 N–H and O–H groups in total. The fourth-order valence-corrected chi connectivity index (χ4v) is 6.48. The molecule has 5 rings (SSSR count). The monoisotopic (exact) mass is 568 g/mol. The van der Waals surface area contributed by atoms with Gasteiger partial charge in [0.1, 0.15) is 17.3 Å². The van der Waals surface area contributed by atoms with Gasteiger partial charge in [-0.25, -0.2) is 17.2 Å². The summed E-state index contributed by atoms with van der Waals surface area (Å²) in [6.07, 6.45) is 3.57. The summed E-state index contributed by atoms with van der Waals surface area (Å²) in [5, 5.41) is 7.72. The number of nitrogens with one attached hydrogen (secondary N) is 1. The molecule has 0 spiro atoms. The van der Waals surface area contributed by atoms with Crippen molar-refractivity contribution in [2.24, 2.45) is 5.73 Å². The predicted molar refractivity (Wildman–Crippen MR) is 150 cm³/mol. The van der Waals surface area contributed by atoms with Crippen LogP contribution in [-0.4, -0.2) is 62.6 Å². The van der Waals surface area contributed by atoms with Gasteiger partial charge in [-0.3, -0.25) is 9.89 Å². The van der Waals surface area contributed by atoms with Crippen molar-refractivity contribution in [2.75, 3.05) is 43.9 Å². The third-order valence-electron chi connectivity index (χ3n) is 7.33. The molecule has 2 heterocycles. The van der Waals surface area contributed by atoms with Crippen molar-refractivity contribution in [1.82, 2.24) is 15.1 Å². The molecule has 1 aromatic heterocycles. The number of hydrogen-bond donors (Lipinski definition) is 3. The lowest BCUT2D eigenvalue weighted by Crippen LogP contribution is -2.36. The van der Waals surface area contributed by atoms with E-state index < -0.39 is 32.3 Å². The molecule has 210 valence electrons. The molecule has 0 bridgehead atoms. The fraction of sp³-hybridized carbons (Fsp3) is 0.286. The Bertz CT molecular complexity index is 1680. The molecule has 9 nitrogen and oxygen atoms in total. The van der Waals surface area contributed by atoms with Crippen LogP contribution >= 0.6 is 0 Å². The minimum Gasteiger partial charge on any atom is -0.397 e. The average molecular weight is 569 g/mol. The van der Waals surface area contributed by atoms with Crippen LogP contribution in [0.1, 0.15) is 29.6 Å². The number of aromatic amines is 1. The summed E-state index contributed by atoms with van der Waals surface area (Å²) >= 11 is 0. The number of anilines is 2. The van der Waals surface area contributed by atoms with Crippen molar-refractivity contribution in [1.29, 1.82) is 0 Å². The summed E-state index contributed by atoms with van der Waals surface area (Å²) in [6, 6.07) is 9.68. The zero-order valence-electron chi connectivity index (χ0n) is 22.0. The van der Waals surface area contributed by atoms with E-state index in [0.717, 1.165) is 31.8 Å². The normalized spacial score (nSPS) is 14.5. The number of sulfone groups is 1. The van der Waals surface area contributed by atoms with E-state index in [1.807, 2.05) is 11.9 Å². The number of likely N-dealkylation sites (N-methyl/N-ethyl adjacent to an activating group) is 1. The second kappa shape index (κ2) is 10.9. The topological polar surface area (TPSA) is 138 Å². The highest BCUT2D eigenvalue weighted by Crippen LogP contribution is 2.40. The molecular formula is C28H30F2N6O3S. The zero-order valence-corrected chi connectivity index (χ0v) is 22.8. The van der Waals surface area contributed by atoms with Gasteiger partial charge < -0.3 is 21.3 Å². The van der Waals surface area contributed by atoms with E-state index in [4.69, 9.17) is 11.5 Å². The van der Waals surface area contributed by atoms with Gasteiger partial charge in [-0.1, -0.05) is 6.42 Å². The molecule has 1 aliphatic rings. The number of halogens is 2. The van der Waals surface area contributed by atoms with Gasteiger partial charge in [-0.05, 0) is 68.4 Å². The number of nitrogens with zero attached hydrogens (tertiary/aromatic N) is 3. The van der Waals surface area contributed by atoms with E-state index in [0.29, 0.717) is 40.5 Å². The number of benzene rings is 3. The Morgan fingerprint density at radius 1 is 1.02 bits per heavy atom. The minimum atomic E-state index is -4.27. The van der Waals surface area contributed by atoms with Gasteiger partial charge in [0.25, 0.3) is 5.91 Å². The van der Waals surface area contributed by atoms with E-state index in [2.05, 4.69) is 15.1 Å². The molecular weight excluding hydrogens is 538 g/mol. The Balaban J connectivity index is 1.61. The first kappa shape index (κ1) is 27.5. The van der Waals surface area contributed by atoms with Crippen LogP contribution in [0.15, 0.2) is 58.3 Å². The Morgan fingerprint density at radius 3 is 2.40 bits per heavy atom. The minimum absolute atomic E-state index is 0.110. The van der Waals surface area contributed by atoms with Gasteiger partial charge in [-0.15, -0.1) is 0 Å². The number of fused-ring (bicyclic) bond motifs is 1. The van der Waals surface area contributed by atoms with Crippen LogP contribution < -0.4 is 16.4 Å². The average Bonchev–Trinajstić information content (AvgIpc) is 3.34. The molecule has 12 heteroatoms. The van der Waals surface area contributed by atoms with Crippen molar-refractivity contribution in [2.45, 2.75) is 29.1 Å². The number of carbonyl (C=O) groups is 1. The number of primary amides is 1. The maximum atomic E-state index is 13.8. The lowest BCUT2D eigenvalue weighted by Gasteiger charge is -2.30. The number of aromatic nitrogens is 2. The Kier molecular flexibility index (Phi) is 7.47. The van der Waals surface area contributed by atoms with Gasteiger partial charge in [0.2, 0.25) is 9.84 Å². The van der Waals surface area contributed by atoms with Crippen LogP contribution in [0.2, 0.25) is 0 Å². The number of amides is 1. The molecule has 0 aliphatic carbocycles. The molecule has 0 radical (unpaired) electrons. The van der Waals surface area contributed by atoms with Gasteiger partial charge in [0.05, 0.1) is 26.6 Å². The molecule has 1 aliphatic heterocycles. The molecule has 1 fully saturated rings. The third kappa shape index (κ3) is 5.24. The lowest BCUT2D eigenvalue weighted by molar-refractivity contribution is 0.100. The van der Waals surface area contributed by atoms with Crippen LogP contribution in [-0.2, 0) is 9.84 Å². The fourth-order valence-electron chi connectivity index (χ4n) is 5.16. The summed E-state index contributed by atoms with van der Waals surface area (Å²) in [5.74, 6) is -2.72. The quantitative estimate of drug-likeness (QED) is 0.274. The van der Waals surface area contributed by atoms with Crippen molar-refractivity contribution in [3.8, 4) is 11.3 Å². The maximum Gasteiger partial charge on any atom is 0.250 e. The van der Waals surface area contributed by atoms with Crippen LogP contribution in [0.3, 0.4) is 0 Å². The van der Waals surface area contributed by atoms with Gasteiger partial charge in [0.15, 0.2) is 0 Å². The van der Waals surface area contributed by atoms with Crippen molar-refractivity contribution in [3.63, 3.8) is 0 Å². The smallest absolute Gasteiger partial charge is 0.250 e. The molecule has 0 atom stereocenters. The van der Waals surface area contributed by atoms with Crippen LogP contribution in [0.25, 0.3) is 22.2 Å². The summed E-state index contributed by atoms with van der Waals surface area (Å²) in [5.41, 5.74) is 14.3. The van der Waals surface area contributed by atoms with Crippen LogP contribution in [0.4, 0.5) is 20.2 Å². The highest BCUT2D eigenvalue weighted by molar-refractivity contribution is 7.91. The van der Waals surface area contributed by atoms with E-state index in [1.54, 1.807) is 12.1 Å². The van der Waals surface area contributed by atoms with Crippen molar-refractivity contribution >= 4 is 38.0 Å². The molecule has 40 heavy (non-hydrogen) atoms. The number of rotatable bonds is 8. The Hall–Kier alpha value is -4.03. The predicted octanol–water partition coefficient (Wildman–Crippen LogP) is 3.94. The Labute approximate surface area is 230 Å². The lowest BCUT2D eigenvalue weighted by atomic mass is 9.99. The van der Waals surface area contributed by atoms with Crippen molar-refractivity contribution in [3.05, 3.63) is 65.7 Å². The van der Waals surface area contributed by atoms with Crippen LogP contribution in [0.5, 0.6) is 0 Å². The standard InChI is InChI=1S/C28H30F2N6O3S/c1-35(11-12-36-9-3-2-4-10-36)24-8-6-21(28(32)37)26(31)25(24)27-22-16-19(5-7-23(22)33-34-27)40(38,39)20-14-17(29)13-18(30)15-20/h5-8,13-16H,2-4,9-12,31H2,1H3,(H2,32,37)(H,33,34). The molecule has 4 aromatic rings. The van der Waals surface area contributed by atoms with E-state index >= 15 is 0 Å². The molecule has 3 aromatic carbocycles. The second-order valence-corrected chi connectivity index (χ2v) is 11.9. The SMILES string of the molecule is CN(CCN1CCCCC1)c1ccc(C(N)=O)c(N)c1-c1n[nH]c2ccc(S(=O)(=O)c3cc(F)cc(F)c3)cc12. The summed E-state index contributed by atoms with van der Waals surface area (Å²) in [6.45, 7) is 3.59. The third-order valence-corrected chi connectivity index (χ3v) is 9.06. The maximum absolute atomic E-state index is 13.8. The molecule has 1 amide bonds. The van der Waals surface area contributed by atoms with E-state index in [9.17, 15) is 22.0 Å². The van der Waals surface area contributed by atoms with Gasteiger partial charge in [0, 0.05) is 42.8 Å². The number of nitrogens with two attached hydrogens (primary N) is 2. The van der Waals surface area contributed by atoms with E-state index in [-0.39, 0.29) is 16.1 Å². The zero-order chi connectivity index (χ0) is 28.6. The number of carbonyl (C=O) groups excluding carboxylic acids is 1. The Morgan fingerprint density at radius 2 is 1.73 bits per heavy atom. The van der Waals surface area contributed by atoms with E-state index in [1.165, 1.54) is 37.5 Å². The van der Waals surface area contributed by atoms with Gasteiger partial charge >= 0.3 is 0 Å². The van der Waals surface area contributed by atoms with Crippen molar-refractivity contribution < 1.29 is 22.0 Å². The molecule has 0 saturated carbocycles. The molecule has 0 unspecified atom stereocenters. The number of likely N-dealkylation sites (tertiary alicyclic amines) is 1. The number of nitrogen functional groups attached to an aromatic ring is 1. The summed E-state index contributed by atoms with van der Waals surface area (Å²) < 4.78 is 54.3. The largest absolute Gasteiger partial charge is 0.397 e. The van der Waals surface area contributed by atoms with Crippen LogP contribution in [0, 0.1) is 11.6 Å². The first-order valence-electron chi connectivity index (χ1n) is 12.9. The molecule has 1 saturated heterocycles. The summed E-state index contributed by atoms with van der Waals surface area (Å²) in [7, 11) is -2.36. The second-order valence-electron chi connectivity index (χ2n) is 10.00.